The van der Waals surface area contributed by atoms with Crippen molar-refractivity contribution in [3.05, 3.63) is 160 Å². The van der Waals surface area contributed by atoms with Crippen LogP contribution in [0.1, 0.15) is 0 Å². The van der Waals surface area contributed by atoms with Gasteiger partial charge in [-0.05, 0) is 81.5 Å². The maximum atomic E-state index is 11.1. The number of alkyl halides is 6. The molecule has 1 aliphatic rings. The molecule has 0 aliphatic heterocycles. The van der Waals surface area contributed by atoms with E-state index < -0.39 is 18.5 Å². The van der Waals surface area contributed by atoms with E-state index in [2.05, 4.69) is 121 Å². The molecule has 0 heterocycles. The van der Waals surface area contributed by atoms with Crippen molar-refractivity contribution >= 4 is 37.1 Å². The summed E-state index contributed by atoms with van der Waals surface area (Å²) in [4.78, 5) is 0. The maximum absolute atomic E-state index is 11.1. The summed E-state index contributed by atoms with van der Waals surface area (Å²) in [6.07, 6.45) is -3.38. The fourth-order valence-electron chi connectivity index (χ4n) is 3.93. The molecule has 0 atom stereocenters. The van der Waals surface area contributed by atoms with Crippen LogP contribution in [-0.2, 0) is 17.1 Å². The van der Waals surface area contributed by atoms with E-state index in [9.17, 15) is 30.7 Å². The molecule has 44 heavy (non-hydrogen) atoms. The average Bonchev–Trinajstić information content (AvgIpc) is 3.61. The monoisotopic (exact) mass is 688 g/mol. The van der Waals surface area contributed by atoms with E-state index in [-0.39, 0.29) is 32.9 Å². The van der Waals surface area contributed by atoms with Crippen molar-refractivity contribution in [3.8, 4) is 0 Å². The van der Waals surface area contributed by atoms with Gasteiger partial charge in [-0.1, -0.05) is 121 Å². The average molecular weight is 688 g/mol. The second-order valence-corrected chi connectivity index (χ2v) is 13.6. The Hall–Kier alpha value is -2.23. The zero-order chi connectivity index (χ0) is 31.1. The Kier molecular flexibility index (Phi) is 16.7. The molecular formula is C34H29F7FeP2-. The minimum Gasteiger partial charge on any atom is -0.438 e. The first-order valence-corrected chi connectivity index (χ1v) is 16.2. The van der Waals surface area contributed by atoms with Crippen LogP contribution in [-0.4, -0.2) is 24.7 Å². The van der Waals surface area contributed by atoms with Gasteiger partial charge in [0.15, 0.2) is 0 Å². The Balaban J connectivity index is 0.000000350. The Morgan fingerprint density at radius 2 is 0.614 bits per heavy atom. The van der Waals surface area contributed by atoms with Crippen LogP contribution in [0.15, 0.2) is 121 Å². The molecule has 4 aromatic carbocycles. The maximum Gasteiger partial charge on any atom is 0.307 e. The van der Waals surface area contributed by atoms with E-state index in [1.54, 1.807) is 0 Å². The molecule has 1 saturated carbocycles. The van der Waals surface area contributed by atoms with Gasteiger partial charge >= 0.3 is 12.4 Å². The SMILES string of the molecule is F[C-](C(F)(F)F)C(F)(F)F.[CH]1[CH][CH][CH][CH]1.[Fe].c1ccc(P(CCP(c2ccccc2)c2ccccc2)c2ccccc2)cc1. The Morgan fingerprint density at radius 1 is 0.409 bits per heavy atom. The van der Waals surface area contributed by atoms with Crippen LogP contribution in [0.5, 0.6) is 0 Å². The molecule has 0 nitrogen and oxygen atoms in total. The van der Waals surface area contributed by atoms with Crippen molar-refractivity contribution < 1.29 is 47.8 Å². The molecule has 0 bridgehead atoms. The smallest absolute Gasteiger partial charge is 0.307 e. The second kappa shape index (κ2) is 19.3. The summed E-state index contributed by atoms with van der Waals surface area (Å²) in [6.45, 7) is 0. The molecule has 1 fully saturated rings. The quantitative estimate of drug-likeness (QED) is 0.0788. The van der Waals surface area contributed by atoms with Crippen LogP contribution in [0.25, 0.3) is 0 Å². The van der Waals surface area contributed by atoms with Gasteiger partial charge in [-0.15, -0.1) is 0 Å². The molecule has 5 radical (unpaired) electrons. The minimum absolute atomic E-state index is 0. The number of halogens is 7. The molecule has 0 amide bonds. The van der Waals surface area contributed by atoms with Crippen molar-refractivity contribution in [3.63, 3.8) is 0 Å². The molecule has 233 valence electrons. The van der Waals surface area contributed by atoms with Gasteiger partial charge in [0.2, 0.25) is 0 Å². The van der Waals surface area contributed by atoms with Crippen LogP contribution in [0.2, 0.25) is 0 Å². The second-order valence-electron chi connectivity index (χ2n) is 8.92. The fraction of sp³-hybridized carbons (Fsp3) is 0.118. The van der Waals surface area contributed by atoms with Gasteiger partial charge in [-0.2, -0.15) is 0 Å². The summed E-state index contributed by atoms with van der Waals surface area (Å²) in [5, 5.41) is 5.89. The van der Waals surface area contributed by atoms with Crippen molar-refractivity contribution in [2.24, 2.45) is 0 Å². The fourth-order valence-corrected chi connectivity index (χ4v) is 9.28. The third-order valence-corrected chi connectivity index (χ3v) is 11.3. The van der Waals surface area contributed by atoms with E-state index in [1.165, 1.54) is 33.5 Å². The summed E-state index contributed by atoms with van der Waals surface area (Å²) < 4.78 is 76.0. The van der Waals surface area contributed by atoms with Crippen LogP contribution >= 0.6 is 15.8 Å². The zero-order valence-corrected chi connectivity index (χ0v) is 26.1. The third kappa shape index (κ3) is 13.0. The molecule has 0 N–H and O–H groups in total. The molecular weight excluding hydrogens is 659 g/mol. The summed E-state index contributed by atoms with van der Waals surface area (Å²) in [6, 6.07) is 44.2. The van der Waals surface area contributed by atoms with Crippen LogP contribution in [0, 0.1) is 38.3 Å². The van der Waals surface area contributed by atoms with Gasteiger partial charge in [0.25, 0.3) is 0 Å². The van der Waals surface area contributed by atoms with Gasteiger partial charge in [-0.25, -0.2) is 26.3 Å². The van der Waals surface area contributed by atoms with E-state index in [4.69, 9.17) is 0 Å². The van der Waals surface area contributed by atoms with Gasteiger partial charge in [0.05, 0.1) is 0 Å². The zero-order valence-electron chi connectivity index (χ0n) is 23.2. The van der Waals surface area contributed by atoms with Crippen molar-refractivity contribution in [2.75, 3.05) is 12.3 Å². The van der Waals surface area contributed by atoms with Crippen LogP contribution in [0.4, 0.5) is 30.7 Å². The number of hydrogen-bond donors (Lipinski definition) is 0. The Bertz CT molecular complexity index is 1100. The van der Waals surface area contributed by atoms with E-state index in [1.807, 2.05) is 32.1 Å². The summed E-state index contributed by atoms with van der Waals surface area (Å²) >= 11 is 0. The van der Waals surface area contributed by atoms with E-state index in [0.29, 0.717) is 0 Å². The standard InChI is InChI=1S/C26H24P2.C5H5.C3F7.Fe/c1-5-13-23(14-6-1)27(24-15-7-2-8-16-24)21-22-28(25-17-9-3-10-18-25)26-19-11-4-12-20-26;1-2-4-5-3-1;4-1(2(5,6)7)3(8,9)10;/h1-20H,21-22H2;1-5H;;/q;;-1;. The third-order valence-electron chi connectivity index (χ3n) is 5.87. The molecule has 4 aromatic rings. The van der Waals surface area contributed by atoms with Crippen molar-refractivity contribution in [2.45, 2.75) is 12.4 Å². The first kappa shape index (κ1) is 38.0. The predicted octanol–water partition coefficient (Wildman–Crippen LogP) is 8.88. The molecule has 0 saturated heterocycles. The summed E-state index contributed by atoms with van der Waals surface area (Å²) in [7, 11) is -0.696. The normalized spacial score (nSPS) is 13.0. The molecule has 10 heteroatoms. The minimum atomic E-state index is -5.93. The number of rotatable bonds is 7. The Morgan fingerprint density at radius 3 is 0.773 bits per heavy atom. The predicted molar refractivity (Wildman–Crippen MR) is 166 cm³/mol. The largest absolute Gasteiger partial charge is 0.438 e. The van der Waals surface area contributed by atoms with Gasteiger partial charge < -0.3 is 4.39 Å². The molecule has 0 spiro atoms. The topological polar surface area (TPSA) is 0 Å². The van der Waals surface area contributed by atoms with Crippen LogP contribution in [0.3, 0.4) is 0 Å². The molecule has 5 rings (SSSR count). The van der Waals surface area contributed by atoms with Gasteiger partial charge in [0.1, 0.15) is 0 Å². The summed E-state index contributed by atoms with van der Waals surface area (Å²) in [5.74, 6) is 0. The van der Waals surface area contributed by atoms with Gasteiger partial charge in [-0.3, -0.25) is 0 Å². The van der Waals surface area contributed by atoms with Crippen molar-refractivity contribution in [1.82, 2.24) is 0 Å². The van der Waals surface area contributed by atoms with Crippen LogP contribution < -0.4 is 21.2 Å². The van der Waals surface area contributed by atoms with Gasteiger partial charge in [0, 0.05) is 23.2 Å². The first-order valence-electron chi connectivity index (χ1n) is 13.2. The Labute approximate surface area is 268 Å². The van der Waals surface area contributed by atoms with Crippen molar-refractivity contribution in [1.29, 1.82) is 0 Å². The number of benzene rings is 4. The summed E-state index contributed by atoms with van der Waals surface area (Å²) in [5.41, 5.74) is 0. The molecule has 1 aliphatic carbocycles. The molecule has 0 aromatic heterocycles. The van der Waals surface area contributed by atoms with E-state index >= 15 is 0 Å². The van der Waals surface area contributed by atoms with E-state index in [0.717, 1.165) is 0 Å². The first-order chi connectivity index (χ1) is 20.6. The number of hydrogen-bond acceptors (Lipinski definition) is 0. The molecule has 0 unspecified atom stereocenters.